The maximum Gasteiger partial charge on any atom is 0.143 e. The molecule has 1 aliphatic rings. The summed E-state index contributed by atoms with van der Waals surface area (Å²) in [7, 11) is 0. The van der Waals surface area contributed by atoms with E-state index in [1.54, 1.807) is 0 Å². The van der Waals surface area contributed by atoms with Gasteiger partial charge in [0.15, 0.2) is 0 Å². The maximum absolute atomic E-state index is 6.69. The van der Waals surface area contributed by atoms with Crippen LogP contribution in [0.25, 0.3) is 77.2 Å². The largest absolute Gasteiger partial charge is 0.455 e. The van der Waals surface area contributed by atoms with Gasteiger partial charge in [-0.05, 0) is 80.0 Å². The average molecular weight is 730 g/mol. The summed E-state index contributed by atoms with van der Waals surface area (Å²) in [6, 6.07) is 72.7. The summed E-state index contributed by atoms with van der Waals surface area (Å²) < 4.78 is 6.69. The molecule has 1 aliphatic carbocycles. The summed E-state index contributed by atoms with van der Waals surface area (Å²) in [6.45, 7) is 4.72. The second-order valence-electron chi connectivity index (χ2n) is 15.6. The van der Waals surface area contributed by atoms with E-state index in [1.807, 2.05) is 6.07 Å². The fourth-order valence-corrected chi connectivity index (χ4v) is 9.42. The molecule has 0 unspecified atom stereocenters. The van der Waals surface area contributed by atoms with Gasteiger partial charge in [0.2, 0.25) is 0 Å². The van der Waals surface area contributed by atoms with Gasteiger partial charge >= 0.3 is 0 Å². The molecule has 0 N–H and O–H groups in total. The molecule has 0 atom stereocenters. The molecule has 0 saturated heterocycles. The Balaban J connectivity index is 1.20. The molecule has 0 spiro atoms. The Hall–Kier alpha value is -7.16. The second-order valence-corrected chi connectivity index (χ2v) is 15.6. The molecule has 0 bridgehead atoms. The van der Waals surface area contributed by atoms with E-state index in [-0.39, 0.29) is 5.41 Å². The first-order chi connectivity index (χ1) is 28.1. The quantitative estimate of drug-likeness (QED) is 0.169. The van der Waals surface area contributed by atoms with Gasteiger partial charge in [-0.1, -0.05) is 184 Å². The Morgan fingerprint density at radius 1 is 0.404 bits per heavy atom. The molecule has 2 nitrogen and oxygen atoms in total. The first-order valence-electron chi connectivity index (χ1n) is 19.8. The minimum absolute atomic E-state index is 0.160. The number of rotatable bonds is 6. The van der Waals surface area contributed by atoms with Crippen LogP contribution in [0, 0.1) is 0 Å². The summed E-state index contributed by atoms with van der Waals surface area (Å²) in [5.41, 5.74) is 17.2. The lowest BCUT2D eigenvalue weighted by atomic mass is 9.82. The molecule has 270 valence electrons. The normalized spacial score (nSPS) is 12.9. The lowest BCUT2D eigenvalue weighted by Gasteiger charge is -2.31. The predicted molar refractivity (Wildman–Crippen MR) is 240 cm³/mol. The molecule has 0 saturated carbocycles. The van der Waals surface area contributed by atoms with Gasteiger partial charge in [0.1, 0.15) is 11.2 Å². The molecular formula is C55H39NO. The molecular weight excluding hydrogens is 691 g/mol. The van der Waals surface area contributed by atoms with E-state index in [1.165, 1.54) is 49.7 Å². The van der Waals surface area contributed by atoms with E-state index in [0.717, 1.165) is 55.7 Å². The highest BCUT2D eigenvalue weighted by Crippen LogP contribution is 2.53. The van der Waals surface area contributed by atoms with Crippen LogP contribution in [-0.4, -0.2) is 0 Å². The molecule has 57 heavy (non-hydrogen) atoms. The van der Waals surface area contributed by atoms with Crippen LogP contribution in [0.2, 0.25) is 0 Å². The summed E-state index contributed by atoms with van der Waals surface area (Å²) in [5.74, 6) is 0. The number of nitrogens with zero attached hydrogens (tertiary/aromatic N) is 1. The second kappa shape index (κ2) is 13.0. The van der Waals surface area contributed by atoms with Gasteiger partial charge < -0.3 is 9.32 Å². The zero-order chi connectivity index (χ0) is 38.1. The van der Waals surface area contributed by atoms with Crippen molar-refractivity contribution < 1.29 is 4.42 Å². The minimum Gasteiger partial charge on any atom is -0.455 e. The Kier molecular flexibility index (Phi) is 7.55. The number of fused-ring (bicyclic) bond motifs is 7. The Morgan fingerprint density at radius 2 is 0.965 bits per heavy atom. The third-order valence-corrected chi connectivity index (χ3v) is 12.1. The van der Waals surface area contributed by atoms with E-state index >= 15 is 0 Å². The van der Waals surface area contributed by atoms with Gasteiger partial charge in [-0.25, -0.2) is 0 Å². The Labute approximate surface area is 332 Å². The van der Waals surface area contributed by atoms with Gasteiger partial charge in [0.25, 0.3) is 0 Å². The molecule has 1 aromatic heterocycles. The standard InChI is InChI=1S/C55H39NO/c1-55(2)48-29-10-6-21-40(48)41-34-33-38(35-49(41)55)56(51-31-12-8-23-43(51)46-27-16-28-47-44-24-9-13-32-52(44)57-54(46)47)50-30-11-7-22-42(50)45-26-15-20-37-19-14-25-39(53(37)45)36-17-4-3-5-18-36/h3-35H,1-2H3. The zero-order valence-electron chi connectivity index (χ0n) is 31.9. The molecule has 2 heteroatoms. The summed E-state index contributed by atoms with van der Waals surface area (Å²) in [5, 5.41) is 4.69. The SMILES string of the molecule is CC1(C)c2ccccc2-c2ccc(N(c3ccccc3-c3cccc4c3oc3ccccc34)c3ccccc3-c3cccc4cccc(-c5ccccc5)c34)cc21. The van der Waals surface area contributed by atoms with Crippen LogP contribution in [-0.2, 0) is 5.41 Å². The van der Waals surface area contributed by atoms with Gasteiger partial charge in [0.05, 0.1) is 11.4 Å². The predicted octanol–water partition coefficient (Wildman–Crippen LogP) is 15.5. The van der Waals surface area contributed by atoms with Crippen LogP contribution in [0.5, 0.6) is 0 Å². The van der Waals surface area contributed by atoms with E-state index in [4.69, 9.17) is 4.42 Å². The molecule has 11 rings (SSSR count). The van der Waals surface area contributed by atoms with Crippen LogP contribution >= 0.6 is 0 Å². The Bertz CT molecular complexity index is 3160. The third-order valence-electron chi connectivity index (χ3n) is 12.1. The van der Waals surface area contributed by atoms with Crippen LogP contribution in [0.4, 0.5) is 17.1 Å². The van der Waals surface area contributed by atoms with Crippen LogP contribution in [0.15, 0.2) is 205 Å². The number of hydrogen-bond acceptors (Lipinski definition) is 2. The number of para-hydroxylation sites is 4. The summed E-state index contributed by atoms with van der Waals surface area (Å²) in [6.07, 6.45) is 0. The molecule has 0 aliphatic heterocycles. The minimum atomic E-state index is -0.160. The topological polar surface area (TPSA) is 16.4 Å². The number of anilines is 3. The molecule has 0 radical (unpaired) electrons. The molecule has 9 aromatic carbocycles. The summed E-state index contributed by atoms with van der Waals surface area (Å²) in [4.78, 5) is 2.48. The highest BCUT2D eigenvalue weighted by Gasteiger charge is 2.36. The van der Waals surface area contributed by atoms with Crippen molar-refractivity contribution in [3.63, 3.8) is 0 Å². The van der Waals surface area contributed by atoms with Crippen molar-refractivity contribution in [1.82, 2.24) is 0 Å². The van der Waals surface area contributed by atoms with Crippen molar-refractivity contribution in [2.45, 2.75) is 19.3 Å². The van der Waals surface area contributed by atoms with E-state index in [9.17, 15) is 0 Å². The maximum atomic E-state index is 6.69. The van der Waals surface area contributed by atoms with Gasteiger partial charge in [-0.15, -0.1) is 0 Å². The first-order valence-corrected chi connectivity index (χ1v) is 19.8. The van der Waals surface area contributed by atoms with Crippen molar-refractivity contribution in [3.8, 4) is 44.5 Å². The van der Waals surface area contributed by atoms with Crippen LogP contribution in [0.3, 0.4) is 0 Å². The fraction of sp³-hybridized carbons (Fsp3) is 0.0545. The molecule has 0 amide bonds. The monoisotopic (exact) mass is 729 g/mol. The summed E-state index contributed by atoms with van der Waals surface area (Å²) >= 11 is 0. The highest BCUT2D eigenvalue weighted by molar-refractivity contribution is 6.12. The van der Waals surface area contributed by atoms with Crippen molar-refractivity contribution in [2.24, 2.45) is 0 Å². The van der Waals surface area contributed by atoms with Gasteiger partial charge in [-0.2, -0.15) is 0 Å². The molecule has 1 heterocycles. The van der Waals surface area contributed by atoms with Gasteiger partial charge in [0, 0.05) is 38.6 Å². The number of furan rings is 1. The average Bonchev–Trinajstić information content (AvgIpc) is 3.76. The van der Waals surface area contributed by atoms with E-state index < -0.39 is 0 Å². The van der Waals surface area contributed by atoms with E-state index in [2.05, 4.69) is 213 Å². The molecule has 10 aromatic rings. The smallest absolute Gasteiger partial charge is 0.143 e. The van der Waals surface area contributed by atoms with Crippen LogP contribution < -0.4 is 4.90 Å². The number of hydrogen-bond donors (Lipinski definition) is 0. The fourth-order valence-electron chi connectivity index (χ4n) is 9.42. The van der Waals surface area contributed by atoms with Crippen molar-refractivity contribution in [3.05, 3.63) is 211 Å². The lowest BCUT2D eigenvalue weighted by Crippen LogP contribution is -2.17. The van der Waals surface area contributed by atoms with E-state index in [0.29, 0.717) is 0 Å². The Morgan fingerprint density at radius 3 is 1.75 bits per heavy atom. The van der Waals surface area contributed by atoms with Crippen molar-refractivity contribution >= 4 is 49.8 Å². The number of benzene rings is 9. The van der Waals surface area contributed by atoms with Crippen molar-refractivity contribution in [2.75, 3.05) is 4.90 Å². The first kappa shape index (κ1) is 33.2. The van der Waals surface area contributed by atoms with Gasteiger partial charge in [-0.3, -0.25) is 0 Å². The lowest BCUT2D eigenvalue weighted by molar-refractivity contribution is 0.660. The van der Waals surface area contributed by atoms with Crippen molar-refractivity contribution in [1.29, 1.82) is 0 Å². The van der Waals surface area contributed by atoms with Crippen LogP contribution in [0.1, 0.15) is 25.0 Å². The molecule has 0 fully saturated rings. The highest BCUT2D eigenvalue weighted by atomic mass is 16.3. The zero-order valence-corrected chi connectivity index (χ0v) is 31.9. The third kappa shape index (κ3) is 5.18.